The Labute approximate surface area is 233 Å². The van der Waals surface area contributed by atoms with Crippen LogP contribution in [0.2, 0.25) is 0 Å². The first-order chi connectivity index (χ1) is 18.4. The lowest BCUT2D eigenvalue weighted by atomic mass is 10.1. The third-order valence-corrected chi connectivity index (χ3v) is 6.12. The fraction of sp³-hybridized carbons (Fsp3) is 0.444. The Hall–Kier alpha value is -4.55. The fourth-order valence-corrected chi connectivity index (χ4v) is 4.43. The van der Waals surface area contributed by atoms with E-state index in [4.69, 9.17) is 0 Å². The van der Waals surface area contributed by atoms with Crippen LogP contribution in [0, 0.1) is 20.2 Å². The van der Waals surface area contributed by atoms with Gasteiger partial charge in [-0.3, -0.25) is 20.2 Å². The van der Waals surface area contributed by atoms with E-state index in [-0.39, 0.29) is 11.1 Å². The minimum atomic E-state index is -1.11. The highest BCUT2D eigenvalue weighted by atomic mass is 16.7. The van der Waals surface area contributed by atoms with Crippen molar-refractivity contribution in [3.63, 3.8) is 0 Å². The van der Waals surface area contributed by atoms with Crippen LogP contribution in [-0.2, 0) is 11.1 Å². The Morgan fingerprint density at radius 3 is 1.57 bits per heavy atom. The number of aromatic nitrogens is 2. The molecule has 1 aromatic heterocycles. The molecule has 0 atom stereocenters. The van der Waals surface area contributed by atoms with Gasteiger partial charge in [0.1, 0.15) is 15.9 Å². The number of nitrogens with zero attached hydrogens (tertiary/aromatic N) is 9. The van der Waals surface area contributed by atoms with Crippen molar-refractivity contribution < 1.29 is 9.85 Å². The topological polar surface area (TPSA) is 140 Å². The zero-order valence-electron chi connectivity index (χ0n) is 24.7. The van der Waals surface area contributed by atoms with E-state index in [1.165, 1.54) is 12.1 Å². The van der Waals surface area contributed by atoms with E-state index >= 15 is 0 Å². The van der Waals surface area contributed by atoms with Gasteiger partial charge in [-0.05, 0) is 76.6 Å². The molecular formula is C27H37N9O4. The molecule has 2 aromatic carbocycles. The van der Waals surface area contributed by atoms with Crippen LogP contribution in [0.4, 0.5) is 17.1 Å². The van der Waals surface area contributed by atoms with Gasteiger partial charge >= 0.3 is 5.82 Å². The van der Waals surface area contributed by atoms with Crippen molar-refractivity contribution in [2.24, 2.45) is 15.4 Å². The van der Waals surface area contributed by atoms with Crippen molar-refractivity contribution in [3.05, 3.63) is 73.6 Å². The number of imidazole rings is 1. The summed E-state index contributed by atoms with van der Waals surface area (Å²) in [5.74, 6) is -1.11. The zero-order valence-corrected chi connectivity index (χ0v) is 24.7. The van der Waals surface area contributed by atoms with Crippen molar-refractivity contribution in [1.29, 1.82) is 0 Å². The molecule has 3 aromatic rings. The molecule has 13 heteroatoms. The molecule has 0 aliphatic carbocycles. The Balaban J connectivity index is 2.24. The van der Waals surface area contributed by atoms with E-state index in [0.717, 1.165) is 28.5 Å². The summed E-state index contributed by atoms with van der Waals surface area (Å²) in [7, 11) is 8.08. The second-order valence-electron chi connectivity index (χ2n) is 11.8. The van der Waals surface area contributed by atoms with Gasteiger partial charge in [0, 0.05) is 39.3 Å². The van der Waals surface area contributed by atoms with E-state index in [1.807, 2.05) is 28.2 Å². The second kappa shape index (κ2) is 10.9. The maximum atomic E-state index is 10.9. The molecule has 0 unspecified atom stereocenters. The Bertz CT molecular complexity index is 1480. The highest BCUT2D eigenvalue weighted by Crippen LogP contribution is 2.35. The third-order valence-electron chi connectivity index (χ3n) is 6.12. The molecule has 40 heavy (non-hydrogen) atoms. The summed E-state index contributed by atoms with van der Waals surface area (Å²) in [6.07, 6.45) is 0.892. The van der Waals surface area contributed by atoms with Gasteiger partial charge in [-0.15, -0.1) is 5.11 Å². The van der Waals surface area contributed by atoms with Gasteiger partial charge in [0.05, 0.1) is 28.1 Å². The van der Waals surface area contributed by atoms with E-state index in [0.29, 0.717) is 16.9 Å². The molecule has 0 aliphatic heterocycles. The van der Waals surface area contributed by atoms with Crippen molar-refractivity contribution in [2.45, 2.75) is 52.6 Å². The van der Waals surface area contributed by atoms with Crippen LogP contribution in [0.3, 0.4) is 0 Å². The van der Waals surface area contributed by atoms with Crippen molar-refractivity contribution in [3.8, 4) is 0 Å². The van der Waals surface area contributed by atoms with Crippen LogP contribution in [0.25, 0.3) is 17.1 Å². The van der Waals surface area contributed by atoms with Crippen molar-refractivity contribution in [2.75, 3.05) is 38.0 Å². The van der Waals surface area contributed by atoms with Crippen LogP contribution in [0.1, 0.15) is 47.1 Å². The zero-order chi connectivity index (χ0) is 30.2. The fourth-order valence-electron chi connectivity index (χ4n) is 4.43. The Morgan fingerprint density at radius 2 is 1.23 bits per heavy atom. The lowest BCUT2D eigenvalue weighted by Crippen LogP contribution is -2.40. The molecule has 1 heterocycles. The molecular weight excluding hydrogens is 514 g/mol. The first kappa shape index (κ1) is 30.0. The van der Waals surface area contributed by atoms with Crippen LogP contribution < -0.4 is 15.4 Å². The van der Waals surface area contributed by atoms with Crippen LogP contribution in [0.15, 0.2) is 57.7 Å². The predicted molar refractivity (Wildman–Crippen MR) is 157 cm³/mol. The molecule has 214 valence electrons. The third kappa shape index (κ3) is 6.19. The molecule has 0 fully saturated rings. The summed E-state index contributed by atoms with van der Waals surface area (Å²) < 4.78 is 4.31. The lowest BCUT2D eigenvalue weighted by Gasteiger charge is -2.25. The number of anilines is 2. The quantitative estimate of drug-likeness (QED) is 0.215. The lowest BCUT2D eigenvalue weighted by molar-refractivity contribution is -0.613. The van der Waals surface area contributed by atoms with Gasteiger partial charge in [0.15, 0.2) is 0 Å². The molecule has 0 N–H and O–H groups in total. The number of hydrogen-bond acceptors (Lipinski definition) is 8. The monoisotopic (exact) mass is 551 g/mol. The average molecular weight is 552 g/mol. The summed E-state index contributed by atoms with van der Waals surface area (Å²) in [5.41, 5.74) is 4.84. The normalized spacial score (nSPS) is 12.1. The number of rotatable bonds is 7. The minimum Gasteiger partial charge on any atom is -0.376 e. The highest BCUT2D eigenvalue weighted by molar-refractivity contribution is 5.89. The molecule has 0 saturated heterocycles. The molecule has 0 saturated carbocycles. The number of fused-ring (bicyclic) bond motifs is 1. The minimum absolute atomic E-state index is 0.297. The molecule has 0 aliphatic rings. The van der Waals surface area contributed by atoms with Crippen LogP contribution >= 0.6 is 0 Å². The first-order valence-corrected chi connectivity index (χ1v) is 12.7. The van der Waals surface area contributed by atoms with Gasteiger partial charge in [-0.2, -0.15) is 0 Å². The Morgan fingerprint density at radius 1 is 0.800 bits per heavy atom. The smallest absolute Gasteiger partial charge is 0.376 e. The summed E-state index contributed by atoms with van der Waals surface area (Å²) in [4.78, 5) is 23.9. The maximum Gasteiger partial charge on any atom is 0.559 e. The maximum absolute atomic E-state index is 10.9. The summed E-state index contributed by atoms with van der Waals surface area (Å²) >= 11 is 0. The number of benzene rings is 2. The largest absolute Gasteiger partial charge is 0.559 e. The summed E-state index contributed by atoms with van der Waals surface area (Å²) in [6.45, 7) is 12.7. The summed E-state index contributed by atoms with van der Waals surface area (Å²) in [5, 5.41) is 34.8. The van der Waals surface area contributed by atoms with Crippen LogP contribution in [0.5, 0.6) is 0 Å². The van der Waals surface area contributed by atoms with Crippen molar-refractivity contribution in [1.82, 2.24) is 9.13 Å². The average Bonchev–Trinajstić information content (AvgIpc) is 3.16. The van der Waals surface area contributed by atoms with Gasteiger partial charge in [-0.25, -0.2) is 0 Å². The van der Waals surface area contributed by atoms with Crippen molar-refractivity contribution >= 4 is 34.2 Å². The molecule has 13 nitrogen and oxygen atoms in total. The summed E-state index contributed by atoms with van der Waals surface area (Å²) in [6, 6.07) is 10.5. The first-order valence-electron chi connectivity index (χ1n) is 12.7. The predicted octanol–water partition coefficient (Wildman–Crippen LogP) is 5.54. The van der Waals surface area contributed by atoms with E-state index in [2.05, 4.69) is 88.0 Å². The molecule has 0 spiro atoms. The molecule has 3 rings (SSSR count). The standard InChI is InChI=1S/C27H37N9O4/c1-26(2,3)33-22-16-20(31(7)8)21(32(9)10)17-23(22)34(27(4,5)6)25(33)29-30-28-19-13-11-18(12-14-19)15-24(35(37)38)36(39)40/h11-17H,1-10H3. The van der Waals surface area contributed by atoms with E-state index in [1.54, 1.807) is 12.1 Å². The number of hydrogen-bond donors (Lipinski definition) is 0. The van der Waals surface area contributed by atoms with Gasteiger partial charge in [-0.1, -0.05) is 17.2 Å². The highest BCUT2D eigenvalue weighted by Gasteiger charge is 2.28. The molecule has 0 amide bonds. The number of nitro groups is 2. The van der Waals surface area contributed by atoms with Crippen LogP contribution in [-0.4, -0.2) is 47.2 Å². The van der Waals surface area contributed by atoms with E-state index in [9.17, 15) is 20.2 Å². The molecule has 0 radical (unpaired) electrons. The SMILES string of the molecule is CN(C)c1cc2c(cc1N(C)C)n(C(C)(C)C)c(=NN=Nc1ccc(C=C([N+](=O)[O-])[N+](=O)[O-])cc1)n2C(C)(C)C. The van der Waals surface area contributed by atoms with Gasteiger partial charge in [0.2, 0.25) is 5.62 Å². The van der Waals surface area contributed by atoms with Gasteiger partial charge < -0.3 is 18.9 Å². The second-order valence-corrected chi connectivity index (χ2v) is 11.8. The van der Waals surface area contributed by atoms with E-state index < -0.39 is 15.7 Å². The Kier molecular flexibility index (Phi) is 8.18. The molecule has 0 bridgehead atoms. The van der Waals surface area contributed by atoms with Gasteiger partial charge in [0.25, 0.3) is 0 Å².